The quantitative estimate of drug-likeness (QED) is 0.711. The maximum atomic E-state index is 12.4. The largest absolute Gasteiger partial charge is 0.507 e. The van der Waals surface area contributed by atoms with Crippen molar-refractivity contribution in [2.45, 2.75) is 0 Å². The van der Waals surface area contributed by atoms with E-state index in [1.165, 1.54) is 6.21 Å². The second-order valence-corrected chi connectivity index (χ2v) is 5.47. The molecular weight excluding hydrogens is 308 g/mol. The number of aromatic nitrogens is 2. The van der Waals surface area contributed by atoms with E-state index in [9.17, 15) is 14.7 Å². The minimum Gasteiger partial charge on any atom is -0.507 e. The Kier molecular flexibility index (Phi) is 3.91. The van der Waals surface area contributed by atoms with Crippen molar-refractivity contribution in [2.24, 2.45) is 5.10 Å². The van der Waals surface area contributed by atoms with Gasteiger partial charge >= 0.3 is 5.69 Å². The summed E-state index contributed by atoms with van der Waals surface area (Å²) < 4.78 is 0.738. The number of nitrogens with zero attached hydrogens (tertiary/aromatic N) is 3. The van der Waals surface area contributed by atoms with Crippen molar-refractivity contribution < 1.29 is 5.11 Å². The Morgan fingerprint density at radius 3 is 2.62 bits per heavy atom. The predicted octanol–water partition coefficient (Wildman–Crippen LogP) is 1.34. The van der Waals surface area contributed by atoms with Crippen LogP contribution in [0.3, 0.4) is 0 Å². The molecule has 0 amide bonds. The average Bonchev–Trinajstić information content (AvgIpc) is 2.55. The van der Waals surface area contributed by atoms with E-state index < -0.39 is 11.2 Å². The number of aromatic amines is 1. The van der Waals surface area contributed by atoms with Crippen LogP contribution in [0.5, 0.6) is 5.75 Å². The fourth-order valence-corrected chi connectivity index (χ4v) is 2.30. The SMILES string of the molecule is CN(C)c1ccc(C=Nn2c(=O)[nH]c3ccccc3c2=O)c(O)c1. The number of fused-ring (bicyclic) bond motifs is 1. The Hall–Kier alpha value is -3.35. The van der Waals surface area contributed by atoms with Crippen LogP contribution >= 0.6 is 0 Å². The second-order valence-electron chi connectivity index (χ2n) is 5.47. The van der Waals surface area contributed by atoms with E-state index in [1.54, 1.807) is 42.5 Å². The third kappa shape index (κ3) is 2.79. The van der Waals surface area contributed by atoms with Gasteiger partial charge in [-0.1, -0.05) is 12.1 Å². The molecule has 24 heavy (non-hydrogen) atoms. The highest BCUT2D eigenvalue weighted by Gasteiger charge is 2.06. The molecule has 0 atom stereocenters. The lowest BCUT2D eigenvalue weighted by Crippen LogP contribution is -2.32. The maximum absolute atomic E-state index is 12.4. The van der Waals surface area contributed by atoms with Crippen molar-refractivity contribution in [3.63, 3.8) is 0 Å². The minimum atomic E-state index is -0.639. The van der Waals surface area contributed by atoms with E-state index in [0.29, 0.717) is 16.5 Å². The topological polar surface area (TPSA) is 90.7 Å². The molecule has 0 radical (unpaired) electrons. The van der Waals surface area contributed by atoms with Crippen LogP contribution in [0.2, 0.25) is 0 Å². The zero-order valence-electron chi connectivity index (χ0n) is 13.2. The van der Waals surface area contributed by atoms with Crippen LogP contribution in [0.25, 0.3) is 10.9 Å². The molecule has 0 fully saturated rings. The molecule has 7 heteroatoms. The fraction of sp³-hybridized carbons (Fsp3) is 0.118. The minimum absolute atomic E-state index is 0.00946. The van der Waals surface area contributed by atoms with E-state index >= 15 is 0 Å². The lowest BCUT2D eigenvalue weighted by atomic mass is 10.2. The number of nitrogens with one attached hydrogen (secondary N) is 1. The number of phenolic OH excluding ortho intramolecular Hbond substituents is 1. The smallest absolute Gasteiger partial charge is 0.349 e. The van der Waals surface area contributed by atoms with Crippen molar-refractivity contribution in [3.8, 4) is 5.75 Å². The molecule has 7 nitrogen and oxygen atoms in total. The van der Waals surface area contributed by atoms with Crippen LogP contribution in [-0.4, -0.2) is 35.1 Å². The molecule has 122 valence electrons. The molecular formula is C17H16N4O3. The molecule has 0 aliphatic rings. The summed E-state index contributed by atoms with van der Waals surface area (Å²) in [5.41, 5.74) is 0.525. The van der Waals surface area contributed by atoms with Gasteiger partial charge in [0.25, 0.3) is 5.56 Å². The van der Waals surface area contributed by atoms with Gasteiger partial charge in [0, 0.05) is 31.4 Å². The second kappa shape index (κ2) is 6.04. The molecule has 0 aliphatic heterocycles. The van der Waals surface area contributed by atoms with Gasteiger partial charge in [-0.25, -0.2) is 4.79 Å². The van der Waals surface area contributed by atoms with Crippen LogP contribution in [0.4, 0.5) is 5.69 Å². The first-order chi connectivity index (χ1) is 11.5. The number of H-pyrrole nitrogens is 1. The fourth-order valence-electron chi connectivity index (χ4n) is 2.30. The summed E-state index contributed by atoms with van der Waals surface area (Å²) in [6.07, 6.45) is 1.28. The van der Waals surface area contributed by atoms with Crippen molar-refractivity contribution in [1.82, 2.24) is 9.66 Å². The van der Waals surface area contributed by atoms with Crippen molar-refractivity contribution in [3.05, 3.63) is 68.9 Å². The first kappa shape index (κ1) is 15.5. The molecule has 0 saturated heterocycles. The normalized spacial score (nSPS) is 11.2. The highest BCUT2D eigenvalue weighted by molar-refractivity contribution is 5.84. The highest BCUT2D eigenvalue weighted by atomic mass is 16.3. The molecule has 2 aromatic carbocycles. The van der Waals surface area contributed by atoms with Crippen molar-refractivity contribution in [1.29, 1.82) is 0 Å². The number of para-hydroxylation sites is 1. The molecule has 1 heterocycles. The van der Waals surface area contributed by atoms with E-state index in [2.05, 4.69) is 10.1 Å². The molecule has 2 N–H and O–H groups in total. The Morgan fingerprint density at radius 1 is 1.17 bits per heavy atom. The van der Waals surface area contributed by atoms with Crippen LogP contribution in [-0.2, 0) is 0 Å². The van der Waals surface area contributed by atoms with E-state index in [-0.39, 0.29) is 5.75 Å². The van der Waals surface area contributed by atoms with Gasteiger partial charge in [-0.15, -0.1) is 4.68 Å². The number of phenols is 1. The molecule has 3 rings (SSSR count). The van der Waals surface area contributed by atoms with Gasteiger partial charge in [-0.05, 0) is 24.3 Å². The number of anilines is 1. The summed E-state index contributed by atoms with van der Waals surface area (Å²) >= 11 is 0. The third-order valence-electron chi connectivity index (χ3n) is 3.63. The Balaban J connectivity index is 2.06. The summed E-state index contributed by atoms with van der Waals surface area (Å²) in [7, 11) is 3.72. The first-order valence-electron chi connectivity index (χ1n) is 7.26. The van der Waals surface area contributed by atoms with Gasteiger partial charge in [0.2, 0.25) is 0 Å². The molecule has 0 aliphatic carbocycles. The number of aromatic hydroxyl groups is 1. The van der Waals surface area contributed by atoms with E-state index in [4.69, 9.17) is 0 Å². The van der Waals surface area contributed by atoms with Crippen LogP contribution in [0, 0.1) is 0 Å². The summed E-state index contributed by atoms with van der Waals surface area (Å²) in [4.78, 5) is 28.8. The lowest BCUT2D eigenvalue weighted by molar-refractivity contribution is 0.474. The van der Waals surface area contributed by atoms with Crippen LogP contribution < -0.4 is 16.1 Å². The summed E-state index contributed by atoms with van der Waals surface area (Å²) in [5, 5.41) is 14.3. The lowest BCUT2D eigenvalue weighted by Gasteiger charge is -2.12. The predicted molar refractivity (Wildman–Crippen MR) is 94.3 cm³/mol. The van der Waals surface area contributed by atoms with E-state index in [1.807, 2.05) is 19.0 Å². The zero-order chi connectivity index (χ0) is 17.3. The average molecular weight is 324 g/mol. The van der Waals surface area contributed by atoms with Crippen LogP contribution in [0.15, 0.2) is 57.2 Å². The highest BCUT2D eigenvalue weighted by Crippen LogP contribution is 2.22. The molecule has 0 spiro atoms. The van der Waals surface area contributed by atoms with Gasteiger partial charge < -0.3 is 15.0 Å². The first-order valence-corrected chi connectivity index (χ1v) is 7.26. The number of benzene rings is 2. The third-order valence-corrected chi connectivity index (χ3v) is 3.63. The van der Waals surface area contributed by atoms with Gasteiger partial charge in [-0.2, -0.15) is 5.10 Å². The molecule has 1 aromatic heterocycles. The number of hydrogen-bond acceptors (Lipinski definition) is 5. The van der Waals surface area contributed by atoms with Gasteiger partial charge in [0.1, 0.15) is 5.75 Å². The summed E-state index contributed by atoms with van der Waals surface area (Å²) in [6.45, 7) is 0. The van der Waals surface area contributed by atoms with Crippen LogP contribution in [0.1, 0.15) is 5.56 Å². The summed E-state index contributed by atoms with van der Waals surface area (Å²) in [6, 6.07) is 11.7. The van der Waals surface area contributed by atoms with Gasteiger partial charge in [0.05, 0.1) is 17.1 Å². The Labute approximate surface area is 137 Å². The number of rotatable bonds is 3. The monoisotopic (exact) mass is 324 g/mol. The Morgan fingerprint density at radius 2 is 1.92 bits per heavy atom. The maximum Gasteiger partial charge on any atom is 0.349 e. The number of hydrogen-bond donors (Lipinski definition) is 2. The standard InChI is InChI=1S/C17H16N4O3/c1-20(2)12-8-7-11(15(22)9-12)10-18-21-16(23)13-5-3-4-6-14(13)19-17(21)24/h3-10,22H,1-2H3,(H,19,24). The zero-order valence-corrected chi connectivity index (χ0v) is 13.2. The van der Waals surface area contributed by atoms with Gasteiger partial charge in [-0.3, -0.25) is 4.79 Å². The Bertz CT molecular complexity index is 1050. The van der Waals surface area contributed by atoms with Crippen molar-refractivity contribution >= 4 is 22.8 Å². The van der Waals surface area contributed by atoms with E-state index in [0.717, 1.165) is 10.4 Å². The molecule has 0 saturated carbocycles. The summed E-state index contributed by atoms with van der Waals surface area (Å²) in [5.74, 6) is 0.00946. The molecule has 0 unspecified atom stereocenters. The molecule has 3 aromatic rings. The van der Waals surface area contributed by atoms with Gasteiger partial charge in [0.15, 0.2) is 0 Å². The molecule has 0 bridgehead atoms. The van der Waals surface area contributed by atoms with Crippen molar-refractivity contribution in [2.75, 3.05) is 19.0 Å².